The van der Waals surface area contributed by atoms with Crippen molar-refractivity contribution < 1.29 is 0 Å². The van der Waals surface area contributed by atoms with Crippen LogP contribution in [0.2, 0.25) is 5.15 Å². The van der Waals surface area contributed by atoms with E-state index in [0.29, 0.717) is 6.04 Å². The molecule has 0 amide bonds. The van der Waals surface area contributed by atoms with E-state index < -0.39 is 0 Å². The summed E-state index contributed by atoms with van der Waals surface area (Å²) in [6.07, 6.45) is 3.83. The second-order valence-electron chi connectivity index (χ2n) is 2.61. The van der Waals surface area contributed by atoms with Gasteiger partial charge in [-0.25, -0.2) is 0 Å². The van der Waals surface area contributed by atoms with Crippen molar-refractivity contribution in [3.63, 3.8) is 0 Å². The molecule has 0 unspecified atom stereocenters. The highest BCUT2D eigenvalue weighted by molar-refractivity contribution is 6.31. The highest BCUT2D eigenvalue weighted by Crippen LogP contribution is 2.36. The van der Waals surface area contributed by atoms with Crippen LogP contribution in [-0.4, -0.2) is 9.78 Å². The van der Waals surface area contributed by atoms with Crippen molar-refractivity contribution in [1.29, 1.82) is 0 Å². The van der Waals surface area contributed by atoms with Crippen LogP contribution in [-0.2, 0) is 0 Å². The van der Waals surface area contributed by atoms with Gasteiger partial charge in [-0.05, 0) is 18.0 Å². The summed E-state index contributed by atoms with van der Waals surface area (Å²) in [4.78, 5) is 10.1. The molecule has 0 spiro atoms. The summed E-state index contributed by atoms with van der Waals surface area (Å²) in [7, 11) is 0. The van der Waals surface area contributed by atoms with E-state index in [1.807, 2.05) is 0 Å². The number of nitrogens with zero attached hydrogens (tertiary/aromatic N) is 3. The Bertz CT molecular complexity index is 292. The van der Waals surface area contributed by atoms with Gasteiger partial charge in [-0.15, -0.1) is 4.91 Å². The predicted octanol–water partition coefficient (Wildman–Crippen LogP) is 2.27. The summed E-state index contributed by atoms with van der Waals surface area (Å²) < 4.78 is 1.71. The highest BCUT2D eigenvalue weighted by atomic mass is 35.5. The normalized spacial score (nSPS) is 16.8. The van der Waals surface area contributed by atoms with Crippen molar-refractivity contribution in [2.75, 3.05) is 0 Å². The third kappa shape index (κ3) is 1.14. The van der Waals surface area contributed by atoms with E-state index in [1.54, 1.807) is 10.9 Å². The first kappa shape index (κ1) is 6.79. The summed E-state index contributed by atoms with van der Waals surface area (Å²) >= 11 is 5.59. The molecule has 4 nitrogen and oxygen atoms in total. The molecular formula is C6H6ClN3O. The van der Waals surface area contributed by atoms with Crippen LogP contribution < -0.4 is 0 Å². The van der Waals surface area contributed by atoms with Crippen molar-refractivity contribution in [3.8, 4) is 0 Å². The molecule has 1 saturated carbocycles. The van der Waals surface area contributed by atoms with Gasteiger partial charge in [-0.1, -0.05) is 11.6 Å². The Morgan fingerprint density at radius 1 is 1.73 bits per heavy atom. The largest absolute Gasteiger partial charge is 0.266 e. The summed E-state index contributed by atoms with van der Waals surface area (Å²) in [6.45, 7) is 0. The summed E-state index contributed by atoms with van der Waals surface area (Å²) in [5.41, 5.74) is 0.235. The Labute approximate surface area is 68.1 Å². The van der Waals surface area contributed by atoms with Crippen LogP contribution in [0.25, 0.3) is 0 Å². The fourth-order valence-electron chi connectivity index (χ4n) is 0.947. The molecule has 1 aliphatic rings. The van der Waals surface area contributed by atoms with Crippen molar-refractivity contribution >= 4 is 17.3 Å². The highest BCUT2D eigenvalue weighted by Gasteiger charge is 2.25. The topological polar surface area (TPSA) is 47.2 Å². The zero-order valence-electron chi connectivity index (χ0n) is 5.70. The average molecular weight is 172 g/mol. The smallest absolute Gasteiger partial charge is 0.180 e. The van der Waals surface area contributed by atoms with Gasteiger partial charge in [0.15, 0.2) is 10.8 Å². The first-order valence-electron chi connectivity index (χ1n) is 3.39. The van der Waals surface area contributed by atoms with Crippen LogP contribution in [0, 0.1) is 4.91 Å². The van der Waals surface area contributed by atoms with Gasteiger partial charge in [0.1, 0.15) is 0 Å². The fourth-order valence-corrected chi connectivity index (χ4v) is 1.12. The van der Waals surface area contributed by atoms with Crippen molar-refractivity contribution in [2.45, 2.75) is 18.9 Å². The molecule has 0 atom stereocenters. The van der Waals surface area contributed by atoms with E-state index >= 15 is 0 Å². The lowest BCUT2D eigenvalue weighted by atomic mass is 10.6. The second-order valence-corrected chi connectivity index (χ2v) is 2.97. The van der Waals surface area contributed by atoms with Gasteiger partial charge in [-0.3, -0.25) is 4.68 Å². The van der Waals surface area contributed by atoms with Crippen molar-refractivity contribution in [3.05, 3.63) is 16.3 Å². The molecule has 0 aliphatic heterocycles. The van der Waals surface area contributed by atoms with Crippen LogP contribution in [0.4, 0.5) is 5.69 Å². The lowest BCUT2D eigenvalue weighted by Crippen LogP contribution is -1.92. The number of hydrogen-bond acceptors (Lipinski definition) is 3. The molecule has 1 heterocycles. The molecule has 0 saturated heterocycles. The van der Waals surface area contributed by atoms with Crippen LogP contribution in [0.3, 0.4) is 0 Å². The van der Waals surface area contributed by atoms with Crippen molar-refractivity contribution in [1.82, 2.24) is 9.78 Å². The van der Waals surface area contributed by atoms with E-state index in [4.69, 9.17) is 11.6 Å². The van der Waals surface area contributed by atoms with Crippen LogP contribution in [0.1, 0.15) is 18.9 Å². The second kappa shape index (κ2) is 2.30. The fraction of sp³-hybridized carbons (Fsp3) is 0.500. The average Bonchev–Trinajstić information content (AvgIpc) is 2.76. The van der Waals surface area contributed by atoms with E-state index in [2.05, 4.69) is 10.3 Å². The standard InChI is InChI=1S/C6H6ClN3O/c7-6-5(9-11)3-10(8-6)4-1-2-4/h3-4H,1-2H2. The molecule has 0 bridgehead atoms. The number of halogens is 1. The number of aromatic nitrogens is 2. The van der Waals surface area contributed by atoms with Crippen molar-refractivity contribution in [2.24, 2.45) is 5.18 Å². The van der Waals surface area contributed by atoms with Crippen LogP contribution in [0.5, 0.6) is 0 Å². The minimum Gasteiger partial charge on any atom is -0.266 e. The van der Waals surface area contributed by atoms with Gasteiger partial charge in [0.2, 0.25) is 0 Å². The Balaban J connectivity index is 2.35. The molecular weight excluding hydrogens is 166 g/mol. The van der Waals surface area contributed by atoms with Gasteiger partial charge in [0.05, 0.1) is 12.2 Å². The maximum atomic E-state index is 10.1. The molecule has 2 rings (SSSR count). The molecule has 1 aliphatic carbocycles. The van der Waals surface area contributed by atoms with E-state index in [0.717, 1.165) is 12.8 Å². The quantitative estimate of drug-likeness (QED) is 0.641. The molecule has 1 fully saturated rings. The summed E-state index contributed by atoms with van der Waals surface area (Å²) in [5, 5.41) is 6.87. The lowest BCUT2D eigenvalue weighted by Gasteiger charge is -1.91. The zero-order valence-corrected chi connectivity index (χ0v) is 6.45. The molecule has 1 aromatic rings. The van der Waals surface area contributed by atoms with Crippen LogP contribution in [0.15, 0.2) is 11.4 Å². The van der Waals surface area contributed by atoms with Gasteiger partial charge in [0.25, 0.3) is 0 Å². The predicted molar refractivity (Wildman–Crippen MR) is 41.0 cm³/mol. The first-order valence-corrected chi connectivity index (χ1v) is 3.77. The first-order chi connectivity index (χ1) is 5.31. The molecule has 0 radical (unpaired) electrons. The molecule has 0 aromatic carbocycles. The minimum atomic E-state index is 0.201. The van der Waals surface area contributed by atoms with E-state index in [1.165, 1.54) is 0 Å². The summed E-state index contributed by atoms with van der Waals surface area (Å²) in [6, 6.07) is 0.447. The maximum absolute atomic E-state index is 10.1. The SMILES string of the molecule is O=Nc1cn(C2CC2)nc1Cl. The minimum absolute atomic E-state index is 0.201. The molecule has 11 heavy (non-hydrogen) atoms. The molecule has 1 aromatic heterocycles. The summed E-state index contributed by atoms with van der Waals surface area (Å²) in [5.74, 6) is 0. The molecule has 58 valence electrons. The van der Waals surface area contributed by atoms with E-state index in [9.17, 15) is 4.91 Å². The van der Waals surface area contributed by atoms with Gasteiger partial charge < -0.3 is 0 Å². The zero-order chi connectivity index (χ0) is 7.84. The third-order valence-electron chi connectivity index (χ3n) is 1.69. The third-order valence-corrected chi connectivity index (χ3v) is 1.96. The maximum Gasteiger partial charge on any atom is 0.180 e. The lowest BCUT2D eigenvalue weighted by molar-refractivity contribution is 0.642. The molecule has 5 heteroatoms. The number of hydrogen-bond donors (Lipinski definition) is 0. The Morgan fingerprint density at radius 2 is 2.45 bits per heavy atom. The Hall–Kier alpha value is -0.900. The van der Waals surface area contributed by atoms with Crippen LogP contribution >= 0.6 is 11.6 Å². The monoisotopic (exact) mass is 171 g/mol. The Morgan fingerprint density at radius 3 is 2.91 bits per heavy atom. The van der Waals surface area contributed by atoms with Gasteiger partial charge in [-0.2, -0.15) is 5.10 Å². The van der Waals surface area contributed by atoms with Gasteiger partial charge >= 0.3 is 0 Å². The number of nitroso groups, excluding NO2 is 1. The Kier molecular flexibility index (Phi) is 1.42. The van der Waals surface area contributed by atoms with E-state index in [-0.39, 0.29) is 10.8 Å². The molecule has 0 N–H and O–H groups in total. The number of rotatable bonds is 2. The van der Waals surface area contributed by atoms with Gasteiger partial charge in [0, 0.05) is 0 Å².